The zero-order valence-electron chi connectivity index (χ0n) is 7.66. The van der Waals surface area contributed by atoms with Crippen LogP contribution in [0.15, 0.2) is 12.5 Å². The summed E-state index contributed by atoms with van der Waals surface area (Å²) in [6.07, 6.45) is 4.12. The van der Waals surface area contributed by atoms with Crippen LogP contribution in [-0.4, -0.2) is 29.1 Å². The van der Waals surface area contributed by atoms with E-state index in [4.69, 9.17) is 5.73 Å². The second kappa shape index (κ2) is 4.61. The van der Waals surface area contributed by atoms with E-state index in [-0.39, 0.29) is 5.91 Å². The Labute approximate surface area is 76.9 Å². The van der Waals surface area contributed by atoms with Crippen LogP contribution in [0.3, 0.4) is 0 Å². The highest BCUT2D eigenvalue weighted by atomic mass is 16.1. The summed E-state index contributed by atoms with van der Waals surface area (Å²) in [5.74, 6) is -0.0312. The lowest BCUT2D eigenvalue weighted by atomic mass is 10.3. The molecule has 1 aromatic rings. The first-order valence-corrected chi connectivity index (χ1v) is 4.17. The quantitative estimate of drug-likeness (QED) is 0.635. The van der Waals surface area contributed by atoms with Gasteiger partial charge in [0.25, 0.3) is 0 Å². The Kier molecular flexibility index (Phi) is 3.45. The predicted molar refractivity (Wildman–Crippen MR) is 49.1 cm³/mol. The van der Waals surface area contributed by atoms with Crippen molar-refractivity contribution in [3.05, 3.63) is 18.2 Å². The number of imidazole rings is 1. The van der Waals surface area contributed by atoms with E-state index >= 15 is 0 Å². The van der Waals surface area contributed by atoms with Crippen LogP contribution in [0.5, 0.6) is 0 Å². The number of rotatable bonds is 4. The zero-order valence-corrected chi connectivity index (χ0v) is 7.66. The minimum Gasteiger partial charge on any atom is -0.358 e. The molecule has 0 aromatic carbocycles. The van der Waals surface area contributed by atoms with Crippen LogP contribution < -0.4 is 11.1 Å². The fraction of sp³-hybridized carbons (Fsp3) is 0.500. The summed E-state index contributed by atoms with van der Waals surface area (Å²) in [7, 11) is 1.61. The number of likely N-dealkylation sites (N-methyl/N-ethyl adjacent to an activating group) is 1. The van der Waals surface area contributed by atoms with E-state index in [9.17, 15) is 4.79 Å². The Morgan fingerprint density at radius 3 is 3.15 bits per heavy atom. The van der Waals surface area contributed by atoms with Gasteiger partial charge in [-0.3, -0.25) is 4.79 Å². The molecule has 0 atom stereocenters. The topological polar surface area (TPSA) is 72.9 Å². The van der Waals surface area contributed by atoms with Crippen LogP contribution in [-0.2, 0) is 17.8 Å². The molecule has 0 fully saturated rings. The Hall–Kier alpha value is -1.36. The van der Waals surface area contributed by atoms with E-state index in [1.54, 1.807) is 24.1 Å². The summed E-state index contributed by atoms with van der Waals surface area (Å²) >= 11 is 0. The molecular formula is C8H14N4O. The van der Waals surface area contributed by atoms with Gasteiger partial charge in [0.1, 0.15) is 6.54 Å². The Bertz CT molecular complexity index is 281. The van der Waals surface area contributed by atoms with Crippen LogP contribution in [0.1, 0.15) is 5.69 Å². The summed E-state index contributed by atoms with van der Waals surface area (Å²) in [6, 6.07) is 0. The molecule has 5 nitrogen and oxygen atoms in total. The molecule has 13 heavy (non-hydrogen) atoms. The van der Waals surface area contributed by atoms with Crippen molar-refractivity contribution in [2.75, 3.05) is 13.6 Å². The standard InChI is InChI=1S/C8H14N4O/c1-10-8(13)5-12-6-11-4-7(12)2-3-9/h4,6H,2-3,5,9H2,1H3,(H,10,13). The van der Waals surface area contributed by atoms with Crippen molar-refractivity contribution in [3.8, 4) is 0 Å². The van der Waals surface area contributed by atoms with E-state index in [1.165, 1.54) is 0 Å². The number of nitrogens with one attached hydrogen (secondary N) is 1. The van der Waals surface area contributed by atoms with E-state index in [1.807, 2.05) is 0 Å². The normalized spacial score (nSPS) is 10.0. The third kappa shape index (κ3) is 2.55. The van der Waals surface area contributed by atoms with Gasteiger partial charge in [0.05, 0.1) is 6.33 Å². The number of nitrogens with two attached hydrogens (primary N) is 1. The van der Waals surface area contributed by atoms with E-state index in [0.717, 1.165) is 12.1 Å². The minimum absolute atomic E-state index is 0.0312. The lowest BCUT2D eigenvalue weighted by molar-refractivity contribution is -0.121. The summed E-state index contributed by atoms with van der Waals surface area (Å²) in [5, 5.41) is 2.55. The van der Waals surface area contributed by atoms with Gasteiger partial charge in [-0.1, -0.05) is 0 Å². The maximum absolute atomic E-state index is 11.0. The molecule has 1 heterocycles. The molecule has 1 amide bonds. The molecule has 0 saturated carbocycles. The fourth-order valence-corrected chi connectivity index (χ4v) is 1.08. The molecule has 1 aromatic heterocycles. The number of carbonyl (C=O) groups excluding carboxylic acids is 1. The lowest BCUT2D eigenvalue weighted by Crippen LogP contribution is -2.24. The molecule has 0 aliphatic carbocycles. The number of hydrogen-bond acceptors (Lipinski definition) is 3. The van der Waals surface area contributed by atoms with Crippen molar-refractivity contribution in [2.45, 2.75) is 13.0 Å². The van der Waals surface area contributed by atoms with Gasteiger partial charge in [0, 0.05) is 25.4 Å². The molecule has 72 valence electrons. The maximum atomic E-state index is 11.0. The van der Waals surface area contributed by atoms with E-state index < -0.39 is 0 Å². The molecular weight excluding hydrogens is 168 g/mol. The van der Waals surface area contributed by atoms with Crippen molar-refractivity contribution in [3.63, 3.8) is 0 Å². The van der Waals surface area contributed by atoms with Gasteiger partial charge in [-0.2, -0.15) is 0 Å². The summed E-state index contributed by atoms with van der Waals surface area (Å²) in [4.78, 5) is 15.0. The van der Waals surface area contributed by atoms with Crippen LogP contribution in [0.4, 0.5) is 0 Å². The molecule has 0 aliphatic heterocycles. The van der Waals surface area contributed by atoms with E-state index in [0.29, 0.717) is 13.1 Å². The fourth-order valence-electron chi connectivity index (χ4n) is 1.08. The van der Waals surface area contributed by atoms with Crippen molar-refractivity contribution in [1.29, 1.82) is 0 Å². The molecule has 0 bridgehead atoms. The molecule has 3 N–H and O–H groups in total. The number of amides is 1. The molecule has 5 heteroatoms. The number of aromatic nitrogens is 2. The largest absolute Gasteiger partial charge is 0.358 e. The Morgan fingerprint density at radius 2 is 2.54 bits per heavy atom. The van der Waals surface area contributed by atoms with Crippen molar-refractivity contribution >= 4 is 5.91 Å². The molecule has 0 unspecified atom stereocenters. The van der Waals surface area contributed by atoms with Gasteiger partial charge in [-0.15, -0.1) is 0 Å². The molecule has 0 saturated heterocycles. The number of hydrogen-bond donors (Lipinski definition) is 2. The number of carbonyl (C=O) groups is 1. The van der Waals surface area contributed by atoms with Crippen LogP contribution in [0.2, 0.25) is 0 Å². The number of nitrogens with zero attached hydrogens (tertiary/aromatic N) is 2. The van der Waals surface area contributed by atoms with Crippen molar-refractivity contribution in [1.82, 2.24) is 14.9 Å². The first-order chi connectivity index (χ1) is 6.27. The second-order valence-electron chi connectivity index (χ2n) is 2.72. The third-order valence-electron chi connectivity index (χ3n) is 1.79. The van der Waals surface area contributed by atoms with Crippen LogP contribution >= 0.6 is 0 Å². The summed E-state index contributed by atoms with van der Waals surface area (Å²) in [5.41, 5.74) is 6.40. The first kappa shape index (κ1) is 9.73. The van der Waals surface area contributed by atoms with E-state index in [2.05, 4.69) is 10.3 Å². The van der Waals surface area contributed by atoms with Gasteiger partial charge in [0.15, 0.2) is 0 Å². The zero-order chi connectivity index (χ0) is 9.68. The summed E-state index contributed by atoms with van der Waals surface area (Å²) in [6.45, 7) is 0.880. The van der Waals surface area contributed by atoms with Crippen molar-refractivity contribution < 1.29 is 4.79 Å². The summed E-state index contributed by atoms with van der Waals surface area (Å²) < 4.78 is 1.80. The monoisotopic (exact) mass is 182 g/mol. The maximum Gasteiger partial charge on any atom is 0.239 e. The van der Waals surface area contributed by atoms with Gasteiger partial charge in [0.2, 0.25) is 5.91 Å². The average molecular weight is 182 g/mol. The Morgan fingerprint density at radius 1 is 1.77 bits per heavy atom. The first-order valence-electron chi connectivity index (χ1n) is 4.17. The molecule has 0 spiro atoms. The van der Waals surface area contributed by atoms with Gasteiger partial charge in [-0.25, -0.2) is 4.98 Å². The smallest absolute Gasteiger partial charge is 0.239 e. The predicted octanol–water partition coefficient (Wildman–Crippen LogP) is -0.870. The SMILES string of the molecule is CNC(=O)Cn1cncc1CCN. The lowest BCUT2D eigenvalue weighted by Gasteiger charge is -2.05. The van der Waals surface area contributed by atoms with Gasteiger partial charge in [-0.05, 0) is 6.54 Å². The van der Waals surface area contributed by atoms with Gasteiger partial charge >= 0.3 is 0 Å². The second-order valence-corrected chi connectivity index (χ2v) is 2.72. The highest BCUT2D eigenvalue weighted by molar-refractivity contribution is 5.75. The van der Waals surface area contributed by atoms with Gasteiger partial charge < -0.3 is 15.6 Å². The average Bonchev–Trinajstić information content (AvgIpc) is 2.54. The van der Waals surface area contributed by atoms with Crippen LogP contribution in [0, 0.1) is 0 Å². The Balaban J connectivity index is 2.64. The molecule has 0 aliphatic rings. The third-order valence-corrected chi connectivity index (χ3v) is 1.79. The highest BCUT2D eigenvalue weighted by Gasteiger charge is 2.04. The van der Waals surface area contributed by atoms with Crippen LogP contribution in [0.25, 0.3) is 0 Å². The molecule has 0 radical (unpaired) electrons. The van der Waals surface area contributed by atoms with Crippen molar-refractivity contribution in [2.24, 2.45) is 5.73 Å². The highest BCUT2D eigenvalue weighted by Crippen LogP contribution is 1.98. The minimum atomic E-state index is -0.0312. The molecule has 1 rings (SSSR count).